The Morgan fingerprint density at radius 3 is 3.06 bits per heavy atom. The van der Waals surface area contributed by atoms with Gasteiger partial charge in [0.05, 0.1) is 12.6 Å². The minimum Gasteiger partial charge on any atom is -0.477 e. The summed E-state index contributed by atoms with van der Waals surface area (Å²) in [6.07, 6.45) is 2.14. The minimum atomic E-state index is 0.149. The highest BCUT2D eigenvalue weighted by molar-refractivity contribution is 5.73. The lowest BCUT2D eigenvalue weighted by atomic mass is 10.1. The van der Waals surface area contributed by atoms with Crippen LogP contribution in [0, 0.1) is 0 Å². The van der Waals surface area contributed by atoms with E-state index in [4.69, 9.17) is 4.74 Å². The van der Waals surface area contributed by atoms with Gasteiger partial charge in [-0.05, 0) is 12.5 Å². The lowest BCUT2D eigenvalue weighted by Crippen LogP contribution is -2.52. The first-order chi connectivity index (χ1) is 8.63. The molecular weight excluding hydrogens is 230 g/mol. The van der Waals surface area contributed by atoms with Crippen molar-refractivity contribution in [1.82, 2.24) is 14.8 Å². The van der Waals surface area contributed by atoms with Crippen LogP contribution in [0.25, 0.3) is 0 Å². The van der Waals surface area contributed by atoms with Crippen molar-refractivity contribution < 1.29 is 9.53 Å². The number of carbonyl (C=O) groups is 1. The summed E-state index contributed by atoms with van der Waals surface area (Å²) in [4.78, 5) is 13.4. The van der Waals surface area contributed by atoms with Crippen molar-refractivity contribution in [1.29, 1.82) is 0 Å². The molecule has 2 unspecified atom stereocenters. The molecule has 1 fully saturated rings. The second-order valence-corrected chi connectivity index (χ2v) is 5.20. The van der Waals surface area contributed by atoms with Gasteiger partial charge in [0.2, 0.25) is 5.91 Å². The fraction of sp³-hybridized carbons (Fsp3) is 0.615. The predicted octanol–water partition coefficient (Wildman–Crippen LogP) is 0.762. The number of aromatic nitrogens is 1. The quantitative estimate of drug-likeness (QED) is 0.799. The Bertz CT molecular complexity index is 447. The lowest BCUT2D eigenvalue weighted by Gasteiger charge is -2.37. The third-order valence-corrected chi connectivity index (χ3v) is 3.69. The van der Waals surface area contributed by atoms with Gasteiger partial charge in [-0.2, -0.15) is 0 Å². The first-order valence-corrected chi connectivity index (χ1v) is 6.48. The van der Waals surface area contributed by atoms with E-state index in [1.807, 2.05) is 4.90 Å². The minimum absolute atomic E-state index is 0.149. The maximum Gasteiger partial charge on any atom is 0.219 e. The van der Waals surface area contributed by atoms with Crippen molar-refractivity contribution in [2.24, 2.45) is 0 Å². The van der Waals surface area contributed by atoms with E-state index in [0.29, 0.717) is 6.04 Å². The predicted molar refractivity (Wildman–Crippen MR) is 67.5 cm³/mol. The summed E-state index contributed by atoms with van der Waals surface area (Å²) in [6, 6.07) is 2.61. The zero-order valence-corrected chi connectivity index (χ0v) is 10.8. The molecule has 2 aliphatic heterocycles. The van der Waals surface area contributed by atoms with Gasteiger partial charge in [-0.25, -0.2) is 0 Å². The van der Waals surface area contributed by atoms with Crippen molar-refractivity contribution >= 4 is 5.91 Å². The average molecular weight is 249 g/mol. The van der Waals surface area contributed by atoms with Crippen LogP contribution in [-0.2, 0) is 11.3 Å². The van der Waals surface area contributed by atoms with Gasteiger partial charge < -0.3 is 19.5 Å². The molecule has 1 aromatic heterocycles. The van der Waals surface area contributed by atoms with Crippen LogP contribution in [0.15, 0.2) is 12.3 Å². The molecule has 0 radical (unpaired) electrons. The van der Waals surface area contributed by atoms with Crippen LogP contribution < -0.4 is 10.1 Å². The molecule has 0 saturated carbocycles. The number of nitrogens with one attached hydrogen (secondary N) is 1. The highest BCUT2D eigenvalue weighted by Gasteiger charge is 2.28. The van der Waals surface area contributed by atoms with E-state index < -0.39 is 0 Å². The second-order valence-electron chi connectivity index (χ2n) is 5.20. The number of hydrogen-bond donors (Lipinski definition) is 1. The molecule has 1 aromatic rings. The standard InChI is InChI=1S/C13H19N3O2/c1-9-6-16(10(2)17)8-12(14-9)11-5-13-15(7-11)3-4-18-13/h5,7,9,12,14H,3-4,6,8H2,1-2H3. The largest absolute Gasteiger partial charge is 0.477 e. The summed E-state index contributed by atoms with van der Waals surface area (Å²) in [5.41, 5.74) is 1.21. The van der Waals surface area contributed by atoms with Crippen molar-refractivity contribution in [3.63, 3.8) is 0 Å². The summed E-state index contributed by atoms with van der Waals surface area (Å²) in [5, 5.41) is 3.54. The fourth-order valence-electron chi connectivity index (χ4n) is 2.78. The molecule has 0 aliphatic carbocycles. The molecule has 3 rings (SSSR count). The summed E-state index contributed by atoms with van der Waals surface area (Å²) >= 11 is 0. The van der Waals surface area contributed by atoms with Gasteiger partial charge >= 0.3 is 0 Å². The number of hydrogen-bond acceptors (Lipinski definition) is 3. The van der Waals surface area contributed by atoms with Gasteiger partial charge in [-0.1, -0.05) is 0 Å². The molecule has 98 valence electrons. The highest BCUT2D eigenvalue weighted by atomic mass is 16.5. The molecule has 0 spiro atoms. The van der Waals surface area contributed by atoms with E-state index in [1.54, 1.807) is 6.92 Å². The zero-order valence-electron chi connectivity index (χ0n) is 10.8. The molecule has 0 bridgehead atoms. The Labute approximate surface area is 107 Å². The fourth-order valence-corrected chi connectivity index (χ4v) is 2.78. The van der Waals surface area contributed by atoms with Crippen LogP contribution in [-0.4, -0.2) is 41.1 Å². The summed E-state index contributed by atoms with van der Waals surface area (Å²) in [5.74, 6) is 1.09. The van der Waals surface area contributed by atoms with Gasteiger partial charge in [0.25, 0.3) is 0 Å². The third-order valence-electron chi connectivity index (χ3n) is 3.69. The van der Waals surface area contributed by atoms with Crippen molar-refractivity contribution in [2.75, 3.05) is 19.7 Å². The lowest BCUT2D eigenvalue weighted by molar-refractivity contribution is -0.130. The molecule has 1 amide bonds. The van der Waals surface area contributed by atoms with Crippen molar-refractivity contribution in [2.45, 2.75) is 32.5 Å². The first-order valence-electron chi connectivity index (χ1n) is 6.48. The average Bonchev–Trinajstić information content (AvgIpc) is 2.87. The van der Waals surface area contributed by atoms with Gasteiger partial charge in [0.15, 0.2) is 5.88 Å². The number of rotatable bonds is 1. The number of piperazine rings is 1. The van der Waals surface area contributed by atoms with E-state index in [0.717, 1.165) is 32.1 Å². The zero-order chi connectivity index (χ0) is 12.7. The van der Waals surface area contributed by atoms with Crippen LogP contribution in [0.5, 0.6) is 5.88 Å². The monoisotopic (exact) mass is 249 g/mol. The van der Waals surface area contributed by atoms with Gasteiger partial charge in [-0.3, -0.25) is 4.79 Å². The molecule has 2 aliphatic rings. The number of amides is 1. The SMILES string of the molecule is CC(=O)N1CC(C)NC(c2cc3n(c2)CCO3)C1. The maximum atomic E-state index is 11.5. The normalized spacial score (nSPS) is 26.9. The number of fused-ring (bicyclic) bond motifs is 1. The van der Waals surface area contributed by atoms with Crippen LogP contribution >= 0.6 is 0 Å². The molecule has 1 saturated heterocycles. The number of carbonyl (C=O) groups excluding carboxylic acids is 1. The molecule has 5 heteroatoms. The molecule has 18 heavy (non-hydrogen) atoms. The topological polar surface area (TPSA) is 46.5 Å². The Balaban J connectivity index is 1.80. The number of ether oxygens (including phenoxy) is 1. The van der Waals surface area contributed by atoms with E-state index in [-0.39, 0.29) is 11.9 Å². The van der Waals surface area contributed by atoms with Gasteiger partial charge in [0.1, 0.15) is 6.61 Å². The van der Waals surface area contributed by atoms with Crippen LogP contribution in [0.1, 0.15) is 25.5 Å². The highest BCUT2D eigenvalue weighted by Crippen LogP contribution is 2.27. The molecule has 5 nitrogen and oxygen atoms in total. The number of nitrogens with zero attached hydrogens (tertiary/aromatic N) is 2. The molecule has 1 N–H and O–H groups in total. The summed E-state index contributed by atoms with van der Waals surface area (Å²) < 4.78 is 7.66. The second kappa shape index (κ2) is 4.31. The Hall–Kier alpha value is -1.49. The van der Waals surface area contributed by atoms with E-state index >= 15 is 0 Å². The van der Waals surface area contributed by atoms with Crippen molar-refractivity contribution in [3.05, 3.63) is 17.8 Å². The molecular formula is C13H19N3O2. The molecule has 2 atom stereocenters. The van der Waals surface area contributed by atoms with Crippen molar-refractivity contribution in [3.8, 4) is 5.88 Å². The molecule has 0 aromatic carbocycles. The Kier molecular flexibility index (Phi) is 2.78. The van der Waals surface area contributed by atoms with E-state index in [1.165, 1.54) is 5.56 Å². The first kappa shape index (κ1) is 11.6. The van der Waals surface area contributed by atoms with Gasteiger partial charge in [-0.15, -0.1) is 0 Å². The summed E-state index contributed by atoms with van der Waals surface area (Å²) in [6.45, 7) is 6.97. The van der Waals surface area contributed by atoms with E-state index in [9.17, 15) is 4.79 Å². The maximum absolute atomic E-state index is 11.5. The van der Waals surface area contributed by atoms with E-state index in [2.05, 4.69) is 29.1 Å². The van der Waals surface area contributed by atoms with Gasteiger partial charge in [0, 0.05) is 38.3 Å². The summed E-state index contributed by atoms with van der Waals surface area (Å²) in [7, 11) is 0. The Morgan fingerprint density at radius 1 is 1.50 bits per heavy atom. The Morgan fingerprint density at radius 2 is 2.33 bits per heavy atom. The smallest absolute Gasteiger partial charge is 0.219 e. The van der Waals surface area contributed by atoms with Crippen LogP contribution in [0.3, 0.4) is 0 Å². The third kappa shape index (κ3) is 1.99. The van der Waals surface area contributed by atoms with Crippen LogP contribution in [0.4, 0.5) is 0 Å². The molecule has 3 heterocycles. The van der Waals surface area contributed by atoms with Crippen LogP contribution in [0.2, 0.25) is 0 Å².